The minimum absolute atomic E-state index is 0.163. The Labute approximate surface area is 200 Å². The number of benzene rings is 2. The topological polar surface area (TPSA) is 74.8 Å². The van der Waals surface area contributed by atoms with Gasteiger partial charge in [0.2, 0.25) is 0 Å². The molecule has 0 bridgehead atoms. The van der Waals surface area contributed by atoms with Gasteiger partial charge in [0.15, 0.2) is 0 Å². The minimum atomic E-state index is -0.163. The van der Waals surface area contributed by atoms with E-state index in [0.29, 0.717) is 35.3 Å². The van der Waals surface area contributed by atoms with Gasteiger partial charge in [-0.3, -0.25) is 29.0 Å². The highest BCUT2D eigenvalue weighted by Crippen LogP contribution is 2.24. The lowest BCUT2D eigenvalue weighted by atomic mass is 10.1. The fraction of sp³-hybridized carbons (Fsp3) is 0.429. The van der Waals surface area contributed by atoms with Gasteiger partial charge < -0.3 is 0 Å². The lowest BCUT2D eigenvalue weighted by Gasteiger charge is -2.13. The molecule has 0 fully saturated rings. The standard InChI is InChI=1S/C28H32N2O4/c31-25-21-15-9-10-16-22(21)26(32)29(25)19-13-7-5-3-1-2-4-6-8-14-20-30-27(33)23-17-11-12-18-24(23)28(30)34/h9-12,15-18H,1-8,13-14,19-20H2. The van der Waals surface area contributed by atoms with Crippen molar-refractivity contribution in [3.05, 3.63) is 70.8 Å². The molecule has 34 heavy (non-hydrogen) atoms. The van der Waals surface area contributed by atoms with Crippen molar-refractivity contribution in [2.45, 2.75) is 64.2 Å². The molecule has 4 amide bonds. The van der Waals surface area contributed by atoms with Gasteiger partial charge in [-0.15, -0.1) is 0 Å². The Hall–Kier alpha value is -3.28. The fourth-order valence-electron chi connectivity index (χ4n) is 4.84. The number of imide groups is 2. The third-order valence-electron chi connectivity index (χ3n) is 6.77. The smallest absolute Gasteiger partial charge is 0.261 e. The zero-order valence-electron chi connectivity index (χ0n) is 19.6. The van der Waals surface area contributed by atoms with E-state index in [-0.39, 0.29) is 23.6 Å². The quantitative estimate of drug-likeness (QED) is 0.293. The van der Waals surface area contributed by atoms with Crippen molar-refractivity contribution in [1.82, 2.24) is 9.80 Å². The first-order valence-corrected chi connectivity index (χ1v) is 12.5. The molecule has 0 N–H and O–H groups in total. The van der Waals surface area contributed by atoms with Gasteiger partial charge in [0.1, 0.15) is 0 Å². The van der Waals surface area contributed by atoms with Gasteiger partial charge >= 0.3 is 0 Å². The molecule has 2 aromatic carbocycles. The number of unbranched alkanes of at least 4 members (excludes halogenated alkanes) is 9. The zero-order valence-corrected chi connectivity index (χ0v) is 19.6. The van der Waals surface area contributed by atoms with Gasteiger partial charge in [0, 0.05) is 13.1 Å². The maximum Gasteiger partial charge on any atom is 0.261 e. The Morgan fingerprint density at radius 3 is 0.882 bits per heavy atom. The first-order chi connectivity index (χ1) is 16.6. The normalized spacial score (nSPS) is 14.8. The van der Waals surface area contributed by atoms with Gasteiger partial charge in [0.05, 0.1) is 22.3 Å². The molecule has 0 aliphatic carbocycles. The number of carbonyl (C=O) groups is 4. The van der Waals surface area contributed by atoms with Gasteiger partial charge in [-0.25, -0.2) is 0 Å². The molecule has 2 aliphatic heterocycles. The van der Waals surface area contributed by atoms with Crippen LogP contribution >= 0.6 is 0 Å². The molecule has 178 valence electrons. The van der Waals surface area contributed by atoms with E-state index in [9.17, 15) is 19.2 Å². The Morgan fingerprint density at radius 1 is 0.382 bits per heavy atom. The van der Waals surface area contributed by atoms with Gasteiger partial charge in [-0.05, 0) is 37.1 Å². The lowest BCUT2D eigenvalue weighted by molar-refractivity contribution is 0.0636. The van der Waals surface area contributed by atoms with E-state index in [1.54, 1.807) is 48.5 Å². The van der Waals surface area contributed by atoms with Crippen molar-refractivity contribution < 1.29 is 19.2 Å². The molecule has 2 aromatic rings. The average Bonchev–Trinajstić information content (AvgIpc) is 3.25. The molecule has 0 spiro atoms. The summed E-state index contributed by atoms with van der Waals surface area (Å²) in [7, 11) is 0. The summed E-state index contributed by atoms with van der Waals surface area (Å²) in [5, 5.41) is 0. The second-order valence-corrected chi connectivity index (χ2v) is 9.15. The van der Waals surface area contributed by atoms with Crippen molar-refractivity contribution >= 4 is 23.6 Å². The van der Waals surface area contributed by atoms with E-state index in [2.05, 4.69) is 0 Å². The van der Waals surface area contributed by atoms with E-state index in [1.807, 2.05) is 0 Å². The molecule has 0 atom stereocenters. The van der Waals surface area contributed by atoms with Crippen LogP contribution in [0.3, 0.4) is 0 Å². The summed E-state index contributed by atoms with van der Waals surface area (Å²) in [5.41, 5.74) is 2.10. The van der Waals surface area contributed by atoms with E-state index in [1.165, 1.54) is 22.6 Å². The highest BCUT2D eigenvalue weighted by Gasteiger charge is 2.35. The highest BCUT2D eigenvalue weighted by molar-refractivity contribution is 6.22. The molecule has 0 saturated heterocycles. The Balaban J connectivity index is 0.999. The second-order valence-electron chi connectivity index (χ2n) is 9.15. The third kappa shape index (κ3) is 5.11. The van der Waals surface area contributed by atoms with Crippen molar-refractivity contribution in [2.75, 3.05) is 13.1 Å². The molecule has 0 unspecified atom stereocenters. The van der Waals surface area contributed by atoms with Crippen LogP contribution in [-0.4, -0.2) is 46.5 Å². The van der Waals surface area contributed by atoms with Crippen LogP contribution in [-0.2, 0) is 0 Å². The van der Waals surface area contributed by atoms with Crippen LogP contribution in [0.25, 0.3) is 0 Å². The molecule has 0 radical (unpaired) electrons. The van der Waals surface area contributed by atoms with Crippen LogP contribution in [0.2, 0.25) is 0 Å². The summed E-state index contributed by atoms with van der Waals surface area (Å²) in [5.74, 6) is -0.653. The van der Waals surface area contributed by atoms with Crippen LogP contribution in [0.4, 0.5) is 0 Å². The van der Waals surface area contributed by atoms with Crippen LogP contribution in [0, 0.1) is 0 Å². The summed E-state index contributed by atoms with van der Waals surface area (Å²) < 4.78 is 0. The third-order valence-corrected chi connectivity index (χ3v) is 6.77. The molecule has 0 saturated carbocycles. The molecular formula is C28H32N2O4. The maximum atomic E-state index is 12.3. The molecule has 6 heteroatoms. The summed E-state index contributed by atoms with van der Waals surface area (Å²) in [6.07, 6.45) is 10.7. The van der Waals surface area contributed by atoms with Crippen LogP contribution in [0.1, 0.15) is 106 Å². The monoisotopic (exact) mass is 460 g/mol. The largest absolute Gasteiger partial charge is 0.274 e. The number of carbonyl (C=O) groups excluding carboxylic acids is 4. The van der Waals surface area contributed by atoms with Crippen molar-refractivity contribution in [3.63, 3.8) is 0 Å². The molecule has 6 nitrogen and oxygen atoms in total. The van der Waals surface area contributed by atoms with Crippen molar-refractivity contribution in [1.29, 1.82) is 0 Å². The SMILES string of the molecule is O=C1c2ccccc2C(=O)N1CCCCCCCCCCCCN1C(=O)c2ccccc2C1=O. The average molecular weight is 461 g/mol. The van der Waals surface area contributed by atoms with E-state index in [0.717, 1.165) is 51.4 Å². The number of hydrogen-bond acceptors (Lipinski definition) is 4. The summed E-state index contributed by atoms with van der Waals surface area (Å²) in [6.45, 7) is 0.999. The van der Waals surface area contributed by atoms with Crippen LogP contribution < -0.4 is 0 Å². The number of rotatable bonds is 13. The number of nitrogens with zero attached hydrogens (tertiary/aromatic N) is 2. The number of hydrogen-bond donors (Lipinski definition) is 0. The van der Waals surface area contributed by atoms with E-state index >= 15 is 0 Å². The Kier molecular flexibility index (Phi) is 7.88. The summed E-state index contributed by atoms with van der Waals surface area (Å²) in [6, 6.07) is 14.1. The van der Waals surface area contributed by atoms with Crippen LogP contribution in [0.5, 0.6) is 0 Å². The van der Waals surface area contributed by atoms with Crippen molar-refractivity contribution in [3.8, 4) is 0 Å². The predicted octanol–water partition coefficient (Wildman–Crippen LogP) is 5.48. The first-order valence-electron chi connectivity index (χ1n) is 12.5. The molecule has 2 heterocycles. The first kappa shape index (κ1) is 23.9. The van der Waals surface area contributed by atoms with Crippen molar-refractivity contribution in [2.24, 2.45) is 0 Å². The summed E-state index contributed by atoms with van der Waals surface area (Å²) in [4.78, 5) is 52.2. The van der Waals surface area contributed by atoms with E-state index < -0.39 is 0 Å². The fourth-order valence-corrected chi connectivity index (χ4v) is 4.84. The molecule has 0 aromatic heterocycles. The zero-order chi connectivity index (χ0) is 23.9. The molecular weight excluding hydrogens is 428 g/mol. The van der Waals surface area contributed by atoms with Gasteiger partial charge in [-0.2, -0.15) is 0 Å². The number of fused-ring (bicyclic) bond motifs is 2. The second kappa shape index (κ2) is 11.2. The van der Waals surface area contributed by atoms with Crippen LogP contribution in [0.15, 0.2) is 48.5 Å². The van der Waals surface area contributed by atoms with Gasteiger partial charge in [-0.1, -0.05) is 75.6 Å². The molecule has 2 aliphatic rings. The Morgan fingerprint density at radius 2 is 0.618 bits per heavy atom. The van der Waals surface area contributed by atoms with Gasteiger partial charge in [0.25, 0.3) is 23.6 Å². The summed E-state index contributed by atoms with van der Waals surface area (Å²) >= 11 is 0. The highest BCUT2D eigenvalue weighted by atomic mass is 16.2. The molecule has 4 rings (SSSR count). The minimum Gasteiger partial charge on any atom is -0.274 e. The maximum absolute atomic E-state index is 12.3. The van der Waals surface area contributed by atoms with E-state index in [4.69, 9.17) is 0 Å². The predicted molar refractivity (Wildman–Crippen MR) is 130 cm³/mol. The Bertz CT molecular complexity index is 922. The lowest BCUT2D eigenvalue weighted by Crippen LogP contribution is -2.30. The number of amides is 4.